The molecule has 1 unspecified atom stereocenters. The van der Waals surface area contributed by atoms with E-state index in [0.29, 0.717) is 12.5 Å². The number of hydrogen-bond acceptors (Lipinski definition) is 3. The van der Waals surface area contributed by atoms with Crippen molar-refractivity contribution in [3.05, 3.63) is 63.6 Å². The molecule has 0 bridgehead atoms. The van der Waals surface area contributed by atoms with E-state index in [1.165, 1.54) is 16.7 Å². The zero-order valence-corrected chi connectivity index (χ0v) is 13.8. The van der Waals surface area contributed by atoms with Crippen LogP contribution in [0.3, 0.4) is 0 Å². The Hall–Kier alpha value is -1.81. The molecule has 2 aromatic carbocycles. The van der Waals surface area contributed by atoms with Gasteiger partial charge in [0.2, 0.25) is 0 Å². The third kappa shape index (κ3) is 2.56. The van der Waals surface area contributed by atoms with Crippen LogP contribution in [0.15, 0.2) is 51.9 Å². The van der Waals surface area contributed by atoms with Gasteiger partial charge in [0.15, 0.2) is 5.96 Å². The van der Waals surface area contributed by atoms with Gasteiger partial charge in [0.05, 0.1) is 18.3 Å². The van der Waals surface area contributed by atoms with Gasteiger partial charge in [0.1, 0.15) is 0 Å². The topological polar surface area (TPSA) is 41.6 Å². The van der Waals surface area contributed by atoms with Crippen molar-refractivity contribution in [1.82, 2.24) is 0 Å². The Morgan fingerprint density at radius 3 is 2.67 bits per heavy atom. The quantitative estimate of drug-likeness (QED) is 0.897. The van der Waals surface area contributed by atoms with Crippen molar-refractivity contribution in [3.8, 4) is 0 Å². The highest BCUT2D eigenvalue weighted by Gasteiger charge is 2.30. The highest BCUT2D eigenvalue weighted by molar-refractivity contribution is 9.10. The lowest BCUT2D eigenvalue weighted by Gasteiger charge is -2.28. The first-order valence-electron chi connectivity index (χ1n) is 6.99. The molecule has 1 aliphatic heterocycles. The van der Waals surface area contributed by atoms with Crippen molar-refractivity contribution in [1.29, 1.82) is 0 Å². The highest BCUT2D eigenvalue weighted by atomic mass is 79.9. The van der Waals surface area contributed by atoms with Gasteiger partial charge in [-0.15, -0.1) is 0 Å². The molecule has 1 atom stereocenters. The fourth-order valence-electron chi connectivity index (χ4n) is 2.87. The molecule has 0 radical (unpaired) electrons. The van der Waals surface area contributed by atoms with Crippen LogP contribution in [0.5, 0.6) is 0 Å². The number of aryl methyl sites for hydroxylation is 2. The molecule has 108 valence electrons. The number of nitrogens with two attached hydrogens (primary N) is 1. The highest BCUT2D eigenvalue weighted by Crippen LogP contribution is 2.36. The Morgan fingerprint density at radius 1 is 1.19 bits per heavy atom. The van der Waals surface area contributed by atoms with Gasteiger partial charge in [-0.1, -0.05) is 35.9 Å². The van der Waals surface area contributed by atoms with Gasteiger partial charge in [-0.3, -0.25) is 4.99 Å². The largest absolute Gasteiger partial charge is 0.369 e. The Balaban J connectivity index is 2.05. The molecule has 1 heterocycles. The molecule has 3 rings (SSSR count). The Labute approximate surface area is 133 Å². The number of nitrogens with zero attached hydrogens (tertiary/aromatic N) is 2. The number of para-hydroxylation sites is 1. The van der Waals surface area contributed by atoms with Crippen LogP contribution in [0, 0.1) is 13.8 Å². The summed E-state index contributed by atoms with van der Waals surface area (Å²) >= 11 is 3.61. The molecule has 0 saturated carbocycles. The standard InChI is InChI=1S/C17H18BrN3/c1-11-7-8-13(12(2)9-11)16-10-20-17(19)21(16)15-6-4-3-5-14(15)18/h3-9,16H,10H2,1-2H3,(H2,19,20). The Bertz CT molecular complexity index is 709. The number of benzene rings is 2. The summed E-state index contributed by atoms with van der Waals surface area (Å²) in [6.45, 7) is 4.95. The lowest BCUT2D eigenvalue weighted by Crippen LogP contribution is -2.36. The molecule has 2 N–H and O–H groups in total. The third-order valence-corrected chi connectivity index (χ3v) is 4.55. The van der Waals surface area contributed by atoms with Crippen LogP contribution >= 0.6 is 15.9 Å². The van der Waals surface area contributed by atoms with Crippen LogP contribution in [0.2, 0.25) is 0 Å². The lowest BCUT2D eigenvalue weighted by molar-refractivity contribution is 0.761. The summed E-state index contributed by atoms with van der Waals surface area (Å²) in [7, 11) is 0. The Kier molecular flexibility index (Phi) is 3.72. The van der Waals surface area contributed by atoms with Gasteiger partial charge >= 0.3 is 0 Å². The fraction of sp³-hybridized carbons (Fsp3) is 0.235. The smallest absolute Gasteiger partial charge is 0.196 e. The molecule has 21 heavy (non-hydrogen) atoms. The molecule has 1 aliphatic rings. The second-order valence-corrected chi connectivity index (χ2v) is 6.25. The zero-order valence-electron chi connectivity index (χ0n) is 12.2. The number of rotatable bonds is 2. The molecule has 0 fully saturated rings. The van der Waals surface area contributed by atoms with Crippen LogP contribution < -0.4 is 10.6 Å². The first kappa shape index (κ1) is 14.1. The average Bonchev–Trinajstić information content (AvgIpc) is 2.81. The summed E-state index contributed by atoms with van der Waals surface area (Å²) in [5.74, 6) is 0.576. The summed E-state index contributed by atoms with van der Waals surface area (Å²) in [5, 5.41) is 0. The minimum atomic E-state index is 0.157. The SMILES string of the molecule is Cc1ccc(C2CN=C(N)N2c2ccccc2Br)c(C)c1. The predicted molar refractivity (Wildman–Crippen MR) is 91.8 cm³/mol. The molecule has 0 saturated heterocycles. The van der Waals surface area contributed by atoms with Gasteiger partial charge in [0.25, 0.3) is 0 Å². The lowest BCUT2D eigenvalue weighted by atomic mass is 9.98. The molecular formula is C17H18BrN3. The maximum atomic E-state index is 6.14. The molecule has 3 nitrogen and oxygen atoms in total. The van der Waals surface area contributed by atoms with E-state index in [1.54, 1.807) is 0 Å². The third-order valence-electron chi connectivity index (χ3n) is 3.88. The van der Waals surface area contributed by atoms with Gasteiger partial charge in [0, 0.05) is 4.47 Å². The van der Waals surface area contributed by atoms with E-state index in [2.05, 4.69) is 63.9 Å². The molecule has 0 aliphatic carbocycles. The van der Waals surface area contributed by atoms with Crippen molar-refractivity contribution in [2.75, 3.05) is 11.4 Å². The summed E-state index contributed by atoms with van der Waals surface area (Å²) in [4.78, 5) is 6.57. The van der Waals surface area contributed by atoms with Crippen LogP contribution in [0.1, 0.15) is 22.7 Å². The molecular weight excluding hydrogens is 326 g/mol. The Morgan fingerprint density at radius 2 is 1.95 bits per heavy atom. The second-order valence-electron chi connectivity index (χ2n) is 5.40. The van der Waals surface area contributed by atoms with E-state index in [1.807, 2.05) is 18.2 Å². The van der Waals surface area contributed by atoms with Crippen LogP contribution in [-0.2, 0) is 0 Å². The summed E-state index contributed by atoms with van der Waals surface area (Å²) in [5.41, 5.74) is 11.0. The number of anilines is 1. The number of aliphatic imine (C=N–C) groups is 1. The monoisotopic (exact) mass is 343 g/mol. The predicted octanol–water partition coefficient (Wildman–Crippen LogP) is 3.94. The maximum absolute atomic E-state index is 6.14. The van der Waals surface area contributed by atoms with Crippen molar-refractivity contribution in [2.45, 2.75) is 19.9 Å². The molecule has 4 heteroatoms. The first-order valence-corrected chi connectivity index (χ1v) is 7.78. The number of halogens is 1. The summed E-state index contributed by atoms with van der Waals surface area (Å²) in [6, 6.07) is 14.8. The van der Waals surface area contributed by atoms with Crippen molar-refractivity contribution >= 4 is 27.6 Å². The number of guanidine groups is 1. The van der Waals surface area contributed by atoms with E-state index in [-0.39, 0.29) is 6.04 Å². The van der Waals surface area contributed by atoms with Gasteiger partial charge in [-0.2, -0.15) is 0 Å². The van der Waals surface area contributed by atoms with E-state index in [0.717, 1.165) is 10.2 Å². The fourth-order valence-corrected chi connectivity index (χ4v) is 3.35. The minimum Gasteiger partial charge on any atom is -0.369 e. The average molecular weight is 344 g/mol. The second kappa shape index (κ2) is 5.53. The normalized spacial score (nSPS) is 18.0. The van der Waals surface area contributed by atoms with Crippen LogP contribution in [0.4, 0.5) is 5.69 Å². The van der Waals surface area contributed by atoms with Gasteiger partial charge < -0.3 is 10.6 Å². The van der Waals surface area contributed by atoms with Gasteiger partial charge in [-0.25, -0.2) is 0 Å². The van der Waals surface area contributed by atoms with Crippen LogP contribution in [0.25, 0.3) is 0 Å². The van der Waals surface area contributed by atoms with E-state index in [9.17, 15) is 0 Å². The minimum absolute atomic E-state index is 0.157. The van der Waals surface area contributed by atoms with Crippen molar-refractivity contribution in [2.24, 2.45) is 10.7 Å². The summed E-state index contributed by atoms with van der Waals surface area (Å²) < 4.78 is 1.03. The summed E-state index contributed by atoms with van der Waals surface area (Å²) in [6.07, 6.45) is 0. The van der Waals surface area contributed by atoms with Crippen molar-refractivity contribution in [3.63, 3.8) is 0 Å². The maximum Gasteiger partial charge on any atom is 0.196 e. The first-order chi connectivity index (χ1) is 10.1. The van der Waals surface area contributed by atoms with Gasteiger partial charge in [-0.05, 0) is 53.0 Å². The number of hydrogen-bond donors (Lipinski definition) is 1. The molecule has 2 aromatic rings. The van der Waals surface area contributed by atoms with E-state index in [4.69, 9.17) is 5.73 Å². The molecule has 0 aromatic heterocycles. The van der Waals surface area contributed by atoms with Crippen molar-refractivity contribution < 1.29 is 0 Å². The van der Waals surface area contributed by atoms with Crippen LogP contribution in [-0.4, -0.2) is 12.5 Å². The molecule has 0 amide bonds. The van der Waals surface area contributed by atoms with E-state index >= 15 is 0 Å². The molecule has 0 spiro atoms. The zero-order chi connectivity index (χ0) is 15.0. The van der Waals surface area contributed by atoms with E-state index < -0.39 is 0 Å².